The first-order chi connectivity index (χ1) is 8.70. The molecule has 0 aliphatic carbocycles. The Balaban J connectivity index is 1.93. The lowest BCUT2D eigenvalue weighted by molar-refractivity contribution is 0.0859. The Morgan fingerprint density at radius 2 is 2.39 bits per heavy atom. The molecule has 0 bridgehead atoms. The fourth-order valence-electron chi connectivity index (χ4n) is 2.15. The SMILES string of the molecule is COc1ccc(C(=O)CCC2CCCO2)cc1F. The van der Waals surface area contributed by atoms with E-state index in [9.17, 15) is 9.18 Å². The van der Waals surface area contributed by atoms with Gasteiger partial charge in [-0.2, -0.15) is 0 Å². The van der Waals surface area contributed by atoms with Crippen molar-refractivity contribution in [2.75, 3.05) is 13.7 Å². The molecule has 0 radical (unpaired) electrons. The Morgan fingerprint density at radius 1 is 1.56 bits per heavy atom. The van der Waals surface area contributed by atoms with Crippen LogP contribution < -0.4 is 4.74 Å². The van der Waals surface area contributed by atoms with E-state index in [1.807, 2.05) is 0 Å². The molecular weight excluding hydrogens is 235 g/mol. The number of ether oxygens (including phenoxy) is 2. The third-order valence-corrected chi connectivity index (χ3v) is 3.19. The first-order valence-electron chi connectivity index (χ1n) is 6.19. The molecule has 18 heavy (non-hydrogen) atoms. The molecule has 1 fully saturated rings. The van der Waals surface area contributed by atoms with Crippen molar-refractivity contribution in [3.63, 3.8) is 0 Å². The van der Waals surface area contributed by atoms with Crippen molar-refractivity contribution >= 4 is 5.78 Å². The van der Waals surface area contributed by atoms with E-state index < -0.39 is 5.82 Å². The maximum atomic E-state index is 13.5. The number of halogens is 1. The van der Waals surface area contributed by atoms with Gasteiger partial charge in [0.2, 0.25) is 0 Å². The molecule has 1 unspecified atom stereocenters. The van der Waals surface area contributed by atoms with Gasteiger partial charge in [-0.15, -0.1) is 0 Å². The minimum Gasteiger partial charge on any atom is -0.494 e. The van der Waals surface area contributed by atoms with Gasteiger partial charge in [-0.25, -0.2) is 4.39 Å². The summed E-state index contributed by atoms with van der Waals surface area (Å²) in [4.78, 5) is 11.9. The number of Topliss-reactive ketones (excluding diaryl/α,β-unsaturated/α-hetero) is 1. The second kappa shape index (κ2) is 5.96. The number of carbonyl (C=O) groups excluding carboxylic acids is 1. The Labute approximate surface area is 106 Å². The van der Waals surface area contributed by atoms with E-state index in [-0.39, 0.29) is 17.6 Å². The van der Waals surface area contributed by atoms with Crippen LogP contribution in [-0.4, -0.2) is 25.6 Å². The molecular formula is C14H17FO3. The molecule has 1 aliphatic heterocycles. The molecule has 3 nitrogen and oxygen atoms in total. The molecule has 1 aromatic rings. The van der Waals surface area contributed by atoms with Gasteiger partial charge in [0, 0.05) is 18.6 Å². The van der Waals surface area contributed by atoms with E-state index in [0.29, 0.717) is 18.4 Å². The van der Waals surface area contributed by atoms with E-state index >= 15 is 0 Å². The van der Waals surface area contributed by atoms with Crippen LogP contribution in [0.3, 0.4) is 0 Å². The lowest BCUT2D eigenvalue weighted by atomic mass is 10.0. The van der Waals surface area contributed by atoms with Crippen LogP contribution in [0.4, 0.5) is 4.39 Å². The van der Waals surface area contributed by atoms with Gasteiger partial charge in [0.05, 0.1) is 13.2 Å². The summed E-state index contributed by atoms with van der Waals surface area (Å²) in [5.74, 6) is -0.391. The number of carbonyl (C=O) groups is 1. The van der Waals surface area contributed by atoms with Crippen LogP contribution in [0.2, 0.25) is 0 Å². The minimum atomic E-state index is -0.500. The fourth-order valence-corrected chi connectivity index (χ4v) is 2.15. The summed E-state index contributed by atoms with van der Waals surface area (Å²) in [6, 6.07) is 4.31. The molecule has 1 aromatic carbocycles. The van der Waals surface area contributed by atoms with E-state index in [1.165, 1.54) is 19.2 Å². The van der Waals surface area contributed by atoms with Crippen molar-refractivity contribution in [2.45, 2.75) is 31.8 Å². The highest BCUT2D eigenvalue weighted by molar-refractivity contribution is 5.96. The van der Waals surface area contributed by atoms with Crippen LogP contribution in [0.5, 0.6) is 5.75 Å². The van der Waals surface area contributed by atoms with Crippen molar-refractivity contribution in [2.24, 2.45) is 0 Å². The molecule has 1 heterocycles. The summed E-state index contributed by atoms with van der Waals surface area (Å²) >= 11 is 0. The topological polar surface area (TPSA) is 35.5 Å². The lowest BCUT2D eigenvalue weighted by Gasteiger charge is -2.08. The highest BCUT2D eigenvalue weighted by Crippen LogP contribution is 2.21. The maximum Gasteiger partial charge on any atom is 0.165 e. The van der Waals surface area contributed by atoms with Crippen molar-refractivity contribution in [1.82, 2.24) is 0 Å². The van der Waals surface area contributed by atoms with Crippen molar-refractivity contribution in [3.8, 4) is 5.75 Å². The molecule has 4 heteroatoms. The molecule has 1 saturated heterocycles. The third-order valence-electron chi connectivity index (χ3n) is 3.19. The number of hydrogen-bond donors (Lipinski definition) is 0. The van der Waals surface area contributed by atoms with Crippen molar-refractivity contribution in [3.05, 3.63) is 29.6 Å². The Morgan fingerprint density at radius 3 is 3.00 bits per heavy atom. The standard InChI is InChI=1S/C14H17FO3/c1-17-14-7-4-10(9-12(14)15)13(16)6-5-11-3-2-8-18-11/h4,7,9,11H,2-3,5-6,8H2,1H3. The predicted molar refractivity (Wildman–Crippen MR) is 65.5 cm³/mol. The predicted octanol–water partition coefficient (Wildman–Crippen LogP) is 2.98. The zero-order valence-electron chi connectivity index (χ0n) is 10.4. The summed E-state index contributed by atoms with van der Waals surface area (Å²) in [6.45, 7) is 0.788. The Kier molecular flexibility index (Phi) is 4.31. The van der Waals surface area contributed by atoms with Crippen LogP contribution in [0, 0.1) is 5.82 Å². The van der Waals surface area contributed by atoms with E-state index in [2.05, 4.69) is 0 Å². The van der Waals surface area contributed by atoms with E-state index in [4.69, 9.17) is 9.47 Å². The molecule has 2 rings (SSSR count). The van der Waals surface area contributed by atoms with Gasteiger partial charge in [-0.1, -0.05) is 0 Å². The summed E-state index contributed by atoms with van der Waals surface area (Å²) in [5, 5.41) is 0. The average molecular weight is 252 g/mol. The second-order valence-corrected chi connectivity index (χ2v) is 4.45. The summed E-state index contributed by atoms with van der Waals surface area (Å²) in [5.41, 5.74) is 0.395. The average Bonchev–Trinajstić information content (AvgIpc) is 2.89. The molecule has 0 saturated carbocycles. The van der Waals surface area contributed by atoms with E-state index in [0.717, 1.165) is 19.4 Å². The second-order valence-electron chi connectivity index (χ2n) is 4.45. The van der Waals surface area contributed by atoms with Gasteiger partial charge in [0.25, 0.3) is 0 Å². The van der Waals surface area contributed by atoms with Gasteiger partial charge in [-0.05, 0) is 37.5 Å². The highest BCUT2D eigenvalue weighted by Gasteiger charge is 2.17. The van der Waals surface area contributed by atoms with Crippen LogP contribution in [0.25, 0.3) is 0 Å². The summed E-state index contributed by atoms with van der Waals surface area (Å²) < 4.78 is 23.7. The summed E-state index contributed by atoms with van der Waals surface area (Å²) in [6.07, 6.45) is 3.39. The van der Waals surface area contributed by atoms with E-state index in [1.54, 1.807) is 6.07 Å². The highest BCUT2D eigenvalue weighted by atomic mass is 19.1. The lowest BCUT2D eigenvalue weighted by Crippen LogP contribution is -2.09. The molecule has 0 N–H and O–H groups in total. The van der Waals surface area contributed by atoms with Gasteiger partial charge in [0.1, 0.15) is 0 Å². The Bertz CT molecular complexity index is 425. The van der Waals surface area contributed by atoms with Crippen molar-refractivity contribution < 1.29 is 18.7 Å². The summed E-state index contributed by atoms with van der Waals surface area (Å²) in [7, 11) is 1.40. The number of ketones is 1. The zero-order chi connectivity index (χ0) is 13.0. The molecule has 0 spiro atoms. The van der Waals surface area contributed by atoms with Gasteiger partial charge < -0.3 is 9.47 Å². The van der Waals surface area contributed by atoms with Crippen molar-refractivity contribution in [1.29, 1.82) is 0 Å². The van der Waals surface area contributed by atoms with Gasteiger partial charge >= 0.3 is 0 Å². The van der Waals surface area contributed by atoms with Gasteiger partial charge in [0.15, 0.2) is 17.3 Å². The number of hydrogen-bond acceptors (Lipinski definition) is 3. The van der Waals surface area contributed by atoms with Crippen LogP contribution in [0.15, 0.2) is 18.2 Å². The third kappa shape index (κ3) is 3.07. The Hall–Kier alpha value is -1.42. The minimum absolute atomic E-state index is 0.0490. The number of benzene rings is 1. The van der Waals surface area contributed by atoms with Crippen LogP contribution in [-0.2, 0) is 4.74 Å². The number of methoxy groups -OCH3 is 1. The van der Waals surface area contributed by atoms with Crippen LogP contribution in [0.1, 0.15) is 36.0 Å². The zero-order valence-corrected chi connectivity index (χ0v) is 10.4. The molecule has 0 aromatic heterocycles. The molecule has 98 valence electrons. The van der Waals surface area contributed by atoms with Gasteiger partial charge in [-0.3, -0.25) is 4.79 Å². The largest absolute Gasteiger partial charge is 0.494 e. The monoisotopic (exact) mass is 252 g/mol. The first kappa shape index (κ1) is 13.0. The normalized spacial score (nSPS) is 18.9. The maximum absolute atomic E-state index is 13.5. The smallest absolute Gasteiger partial charge is 0.165 e. The van der Waals surface area contributed by atoms with Crippen LogP contribution >= 0.6 is 0 Å². The number of rotatable bonds is 5. The molecule has 1 atom stereocenters. The first-order valence-corrected chi connectivity index (χ1v) is 6.19. The molecule has 1 aliphatic rings. The quantitative estimate of drug-likeness (QED) is 0.756. The molecule has 0 amide bonds. The fraction of sp³-hybridized carbons (Fsp3) is 0.500.